The molecule has 7 nitrogen and oxygen atoms in total. The molecule has 5 rings (SSSR count). The minimum absolute atomic E-state index is 0.305. The van der Waals surface area contributed by atoms with Crippen molar-refractivity contribution >= 4 is 23.4 Å². The lowest BCUT2D eigenvalue weighted by Crippen LogP contribution is -2.36. The molecule has 1 aromatic heterocycles. The molecular formula is C25H34N6O. The number of likely N-dealkylation sites (tertiary alicyclic amines) is 1. The Balaban J connectivity index is 1.23. The molecule has 2 aromatic rings. The van der Waals surface area contributed by atoms with Crippen molar-refractivity contribution in [2.75, 3.05) is 43.9 Å². The maximum atomic E-state index is 12.0. The molecule has 1 aliphatic carbocycles. The van der Waals surface area contributed by atoms with Gasteiger partial charge in [0, 0.05) is 56.6 Å². The van der Waals surface area contributed by atoms with Gasteiger partial charge >= 0.3 is 0 Å². The lowest BCUT2D eigenvalue weighted by molar-refractivity contribution is -0.133. The number of fused-ring (bicyclic) bond motifs is 1. The molecule has 1 aromatic carbocycles. The van der Waals surface area contributed by atoms with Crippen molar-refractivity contribution in [3.05, 3.63) is 41.1 Å². The van der Waals surface area contributed by atoms with E-state index < -0.39 is 0 Å². The van der Waals surface area contributed by atoms with E-state index in [2.05, 4.69) is 45.8 Å². The third-order valence-electron chi connectivity index (χ3n) is 6.82. The van der Waals surface area contributed by atoms with Crippen molar-refractivity contribution in [3.63, 3.8) is 0 Å². The molecule has 3 aliphatic rings. The van der Waals surface area contributed by atoms with Crippen molar-refractivity contribution in [2.45, 2.75) is 57.4 Å². The Labute approximate surface area is 190 Å². The Morgan fingerprint density at radius 2 is 2.03 bits per heavy atom. The number of nitrogens with one attached hydrogen (secondary N) is 2. The SMILES string of the molecule is CN1CCc2ccc(Nc3ncc(C4CC4)c(NCCCN4CCCCC4=O)n3)cc2C1. The molecule has 1 amide bonds. The maximum absolute atomic E-state index is 12.0. The fourth-order valence-corrected chi connectivity index (χ4v) is 4.77. The molecule has 170 valence electrons. The highest BCUT2D eigenvalue weighted by molar-refractivity contribution is 5.76. The fraction of sp³-hybridized carbons (Fsp3) is 0.560. The third kappa shape index (κ3) is 5.04. The number of rotatable bonds is 8. The summed E-state index contributed by atoms with van der Waals surface area (Å²) in [6, 6.07) is 6.58. The number of anilines is 3. The van der Waals surface area contributed by atoms with Crippen LogP contribution in [0.1, 0.15) is 61.1 Å². The number of carbonyl (C=O) groups excluding carboxylic acids is 1. The number of nitrogens with zero attached hydrogens (tertiary/aromatic N) is 4. The summed E-state index contributed by atoms with van der Waals surface area (Å²) < 4.78 is 0. The van der Waals surface area contributed by atoms with Crippen LogP contribution in [0.25, 0.3) is 0 Å². The van der Waals surface area contributed by atoms with Crippen molar-refractivity contribution in [1.82, 2.24) is 19.8 Å². The summed E-state index contributed by atoms with van der Waals surface area (Å²) in [6.07, 6.45) is 9.32. The van der Waals surface area contributed by atoms with E-state index in [0.717, 1.165) is 69.9 Å². The zero-order valence-corrected chi connectivity index (χ0v) is 19.1. The van der Waals surface area contributed by atoms with E-state index >= 15 is 0 Å². The average molecular weight is 435 g/mol. The van der Waals surface area contributed by atoms with Crippen LogP contribution in [0, 0.1) is 0 Å². The lowest BCUT2D eigenvalue weighted by Gasteiger charge is -2.26. The molecule has 0 unspecified atom stereocenters. The molecule has 0 atom stereocenters. The Bertz CT molecular complexity index is 973. The predicted octanol–water partition coefficient (Wildman–Crippen LogP) is 3.90. The number of likely N-dealkylation sites (N-methyl/N-ethyl adjacent to an activating group) is 1. The summed E-state index contributed by atoms with van der Waals surface area (Å²) in [6.45, 7) is 4.64. The number of hydrogen-bond donors (Lipinski definition) is 2. The van der Waals surface area contributed by atoms with Gasteiger partial charge in [-0.25, -0.2) is 4.98 Å². The highest BCUT2D eigenvalue weighted by Crippen LogP contribution is 2.42. The van der Waals surface area contributed by atoms with Gasteiger partial charge in [-0.05, 0) is 74.8 Å². The second kappa shape index (κ2) is 9.45. The quantitative estimate of drug-likeness (QED) is 0.614. The van der Waals surface area contributed by atoms with E-state index in [1.54, 1.807) is 0 Å². The zero-order valence-electron chi connectivity index (χ0n) is 19.1. The molecule has 7 heteroatoms. The van der Waals surface area contributed by atoms with Gasteiger partial charge in [0.25, 0.3) is 0 Å². The first-order valence-electron chi connectivity index (χ1n) is 12.1. The molecule has 2 N–H and O–H groups in total. The van der Waals surface area contributed by atoms with Crippen LogP contribution < -0.4 is 10.6 Å². The van der Waals surface area contributed by atoms with E-state index in [4.69, 9.17) is 4.98 Å². The Kier molecular flexibility index (Phi) is 6.26. The molecule has 1 saturated carbocycles. The number of benzene rings is 1. The second-order valence-electron chi connectivity index (χ2n) is 9.49. The lowest BCUT2D eigenvalue weighted by atomic mass is 9.99. The van der Waals surface area contributed by atoms with Crippen LogP contribution in [-0.2, 0) is 17.8 Å². The van der Waals surface area contributed by atoms with Gasteiger partial charge in [-0.3, -0.25) is 4.79 Å². The molecule has 32 heavy (non-hydrogen) atoms. The average Bonchev–Trinajstić information content (AvgIpc) is 3.63. The minimum atomic E-state index is 0.305. The van der Waals surface area contributed by atoms with Gasteiger partial charge in [0.05, 0.1) is 0 Å². The second-order valence-corrected chi connectivity index (χ2v) is 9.49. The van der Waals surface area contributed by atoms with Crippen LogP contribution in [0.3, 0.4) is 0 Å². The van der Waals surface area contributed by atoms with Crippen molar-refractivity contribution < 1.29 is 4.79 Å². The Morgan fingerprint density at radius 3 is 2.88 bits per heavy atom. The van der Waals surface area contributed by atoms with Gasteiger partial charge in [-0.1, -0.05) is 6.07 Å². The Morgan fingerprint density at radius 1 is 1.12 bits per heavy atom. The van der Waals surface area contributed by atoms with Gasteiger partial charge < -0.3 is 20.4 Å². The van der Waals surface area contributed by atoms with E-state index in [1.807, 2.05) is 11.1 Å². The summed E-state index contributed by atoms with van der Waals surface area (Å²) in [4.78, 5) is 25.8. The standard InChI is InChI=1S/C25H34N6O/c1-30-14-10-18-8-9-21(15-20(18)17-30)28-25-27-16-22(19-6-7-19)24(29-25)26-11-4-13-31-12-3-2-5-23(31)32/h8-9,15-16,19H,2-7,10-14,17H2,1H3,(H2,26,27,28,29). The molecule has 2 aliphatic heterocycles. The van der Waals surface area contributed by atoms with Crippen LogP contribution in [0.5, 0.6) is 0 Å². The predicted molar refractivity (Wildman–Crippen MR) is 127 cm³/mol. The van der Waals surface area contributed by atoms with Crippen molar-refractivity contribution in [3.8, 4) is 0 Å². The first kappa shape index (κ1) is 21.2. The summed E-state index contributed by atoms with van der Waals surface area (Å²) in [5, 5.41) is 6.95. The van der Waals surface area contributed by atoms with Crippen LogP contribution in [0.15, 0.2) is 24.4 Å². The highest BCUT2D eigenvalue weighted by atomic mass is 16.2. The molecule has 0 radical (unpaired) electrons. The number of hydrogen-bond acceptors (Lipinski definition) is 6. The molecule has 2 fully saturated rings. The molecule has 1 saturated heterocycles. The third-order valence-corrected chi connectivity index (χ3v) is 6.82. The molecule has 0 bridgehead atoms. The number of carbonyl (C=O) groups is 1. The first-order chi connectivity index (χ1) is 15.7. The van der Waals surface area contributed by atoms with Gasteiger partial charge in [0.1, 0.15) is 5.82 Å². The van der Waals surface area contributed by atoms with Crippen LogP contribution >= 0.6 is 0 Å². The fourth-order valence-electron chi connectivity index (χ4n) is 4.77. The number of amides is 1. The largest absolute Gasteiger partial charge is 0.370 e. The van der Waals surface area contributed by atoms with Gasteiger partial charge in [0.15, 0.2) is 0 Å². The smallest absolute Gasteiger partial charge is 0.229 e. The van der Waals surface area contributed by atoms with E-state index in [1.165, 1.54) is 29.5 Å². The summed E-state index contributed by atoms with van der Waals surface area (Å²) in [5.41, 5.74) is 5.07. The van der Waals surface area contributed by atoms with E-state index in [9.17, 15) is 4.79 Å². The van der Waals surface area contributed by atoms with Crippen molar-refractivity contribution in [1.29, 1.82) is 0 Å². The summed E-state index contributed by atoms with van der Waals surface area (Å²) in [5.74, 6) is 2.45. The van der Waals surface area contributed by atoms with Gasteiger partial charge in [-0.2, -0.15) is 4.98 Å². The molecule has 3 heterocycles. The minimum Gasteiger partial charge on any atom is -0.370 e. The number of piperidine rings is 1. The normalized spacial score (nSPS) is 19.0. The monoisotopic (exact) mass is 434 g/mol. The summed E-state index contributed by atoms with van der Waals surface area (Å²) >= 11 is 0. The van der Waals surface area contributed by atoms with Gasteiger partial charge in [-0.15, -0.1) is 0 Å². The van der Waals surface area contributed by atoms with Crippen LogP contribution in [0.2, 0.25) is 0 Å². The van der Waals surface area contributed by atoms with E-state index in [-0.39, 0.29) is 0 Å². The summed E-state index contributed by atoms with van der Waals surface area (Å²) in [7, 11) is 2.17. The maximum Gasteiger partial charge on any atom is 0.229 e. The van der Waals surface area contributed by atoms with Crippen molar-refractivity contribution in [2.24, 2.45) is 0 Å². The number of aromatic nitrogens is 2. The van der Waals surface area contributed by atoms with Gasteiger partial charge in [0.2, 0.25) is 11.9 Å². The highest BCUT2D eigenvalue weighted by Gasteiger charge is 2.27. The molecular weight excluding hydrogens is 400 g/mol. The van der Waals surface area contributed by atoms with Crippen LogP contribution in [0.4, 0.5) is 17.5 Å². The zero-order chi connectivity index (χ0) is 21.9. The first-order valence-corrected chi connectivity index (χ1v) is 12.1. The topological polar surface area (TPSA) is 73.4 Å². The van der Waals surface area contributed by atoms with E-state index in [0.29, 0.717) is 24.2 Å². The molecule has 0 spiro atoms. The van der Waals surface area contributed by atoms with Crippen LogP contribution in [-0.4, -0.2) is 58.9 Å². The Hall–Kier alpha value is -2.67.